The number of rotatable bonds is 8. The summed E-state index contributed by atoms with van der Waals surface area (Å²) in [7, 11) is -2.73. The van der Waals surface area contributed by atoms with Crippen LogP contribution >= 0.6 is 11.6 Å². The van der Waals surface area contributed by atoms with Crippen LogP contribution in [0.5, 0.6) is 11.5 Å². The van der Waals surface area contributed by atoms with E-state index >= 15 is 0 Å². The third-order valence-corrected chi connectivity index (χ3v) is 5.92. The molecule has 0 fully saturated rings. The molecule has 0 spiro atoms. The molecule has 0 atom stereocenters. The fourth-order valence-electron chi connectivity index (χ4n) is 2.68. The maximum atomic E-state index is 12.9. The Bertz CT molecular complexity index is 1270. The van der Waals surface area contributed by atoms with Gasteiger partial charge in [0.15, 0.2) is 6.61 Å². The Labute approximate surface area is 190 Å². The number of carbonyl (C=O) groups is 1. The number of ether oxygens (including phenoxy) is 2. The van der Waals surface area contributed by atoms with Gasteiger partial charge in [-0.2, -0.15) is 5.26 Å². The molecule has 3 aromatic rings. The molecule has 0 aliphatic rings. The van der Waals surface area contributed by atoms with E-state index in [0.29, 0.717) is 11.3 Å². The standard InChI is InChI=1S/C22H18ClN3O5S/c1-30-20-11-8-16(25-22(27)14-31-17-9-6-15(13-24)7-10-17)12-21(20)32(28,29)26-19-5-3-2-4-18(19)23/h2-12,26H,14H2,1H3,(H,25,27). The van der Waals surface area contributed by atoms with E-state index in [0.717, 1.165) is 0 Å². The van der Waals surface area contributed by atoms with E-state index in [2.05, 4.69) is 10.0 Å². The second kappa shape index (κ2) is 10.0. The lowest BCUT2D eigenvalue weighted by Gasteiger charge is -2.14. The van der Waals surface area contributed by atoms with E-state index in [-0.39, 0.29) is 33.6 Å². The predicted molar refractivity (Wildman–Crippen MR) is 121 cm³/mol. The number of anilines is 2. The van der Waals surface area contributed by atoms with Crippen molar-refractivity contribution in [3.05, 3.63) is 77.3 Å². The zero-order valence-electron chi connectivity index (χ0n) is 16.8. The lowest BCUT2D eigenvalue weighted by atomic mass is 10.2. The van der Waals surface area contributed by atoms with E-state index in [4.69, 9.17) is 26.3 Å². The molecule has 164 valence electrons. The maximum absolute atomic E-state index is 12.9. The second-order valence-corrected chi connectivity index (χ2v) is 8.48. The van der Waals surface area contributed by atoms with Crippen LogP contribution in [0, 0.1) is 11.3 Å². The summed E-state index contributed by atoms with van der Waals surface area (Å²) in [5.74, 6) is 0.0133. The van der Waals surface area contributed by atoms with Crippen LogP contribution in [0.1, 0.15) is 5.56 Å². The molecule has 0 unspecified atom stereocenters. The molecule has 8 nitrogen and oxygen atoms in total. The van der Waals surface area contributed by atoms with Crippen molar-refractivity contribution in [1.29, 1.82) is 5.26 Å². The van der Waals surface area contributed by atoms with Crippen LogP contribution in [0.3, 0.4) is 0 Å². The van der Waals surface area contributed by atoms with Crippen LogP contribution in [-0.2, 0) is 14.8 Å². The zero-order valence-corrected chi connectivity index (χ0v) is 18.4. The van der Waals surface area contributed by atoms with E-state index < -0.39 is 15.9 Å². The van der Waals surface area contributed by atoms with E-state index in [1.807, 2.05) is 6.07 Å². The van der Waals surface area contributed by atoms with Gasteiger partial charge in [-0.05, 0) is 54.6 Å². The van der Waals surface area contributed by atoms with Crippen molar-refractivity contribution in [3.8, 4) is 17.6 Å². The molecule has 0 saturated carbocycles. The second-order valence-electron chi connectivity index (χ2n) is 6.42. The summed E-state index contributed by atoms with van der Waals surface area (Å²) < 4.78 is 38.8. The van der Waals surface area contributed by atoms with Crippen LogP contribution in [0.2, 0.25) is 5.02 Å². The first-order chi connectivity index (χ1) is 15.3. The van der Waals surface area contributed by atoms with Gasteiger partial charge in [-0.15, -0.1) is 0 Å². The highest BCUT2D eigenvalue weighted by molar-refractivity contribution is 7.92. The minimum atomic E-state index is -4.07. The van der Waals surface area contributed by atoms with Gasteiger partial charge >= 0.3 is 0 Å². The van der Waals surface area contributed by atoms with Crippen LogP contribution < -0.4 is 19.5 Å². The molecule has 0 heterocycles. The Morgan fingerprint density at radius 2 is 1.81 bits per heavy atom. The third-order valence-electron chi connectivity index (χ3n) is 4.21. The van der Waals surface area contributed by atoms with Gasteiger partial charge in [0.05, 0.1) is 29.5 Å². The van der Waals surface area contributed by atoms with Crippen LogP contribution in [0.15, 0.2) is 71.6 Å². The van der Waals surface area contributed by atoms with E-state index in [1.165, 1.54) is 31.4 Å². The Kier molecular flexibility index (Phi) is 7.20. The molecule has 0 aromatic heterocycles. The molecule has 0 radical (unpaired) electrons. The summed E-state index contributed by atoms with van der Waals surface area (Å²) >= 11 is 6.05. The molecule has 0 aliphatic carbocycles. The number of amides is 1. The number of hydrogen-bond donors (Lipinski definition) is 2. The normalized spacial score (nSPS) is 10.7. The number of carbonyl (C=O) groups excluding carboxylic acids is 1. The number of methoxy groups -OCH3 is 1. The lowest BCUT2D eigenvalue weighted by Crippen LogP contribution is -2.21. The van der Waals surface area contributed by atoms with Gasteiger partial charge in [-0.3, -0.25) is 9.52 Å². The molecule has 3 aromatic carbocycles. The highest BCUT2D eigenvalue weighted by atomic mass is 35.5. The molecular formula is C22H18ClN3O5S. The SMILES string of the molecule is COc1ccc(NC(=O)COc2ccc(C#N)cc2)cc1S(=O)(=O)Nc1ccccc1Cl. The van der Waals surface area contributed by atoms with Gasteiger partial charge in [0.1, 0.15) is 16.4 Å². The highest BCUT2D eigenvalue weighted by Crippen LogP contribution is 2.30. The third kappa shape index (κ3) is 5.69. The van der Waals surface area contributed by atoms with Gasteiger partial charge in [0.2, 0.25) is 0 Å². The first kappa shape index (κ1) is 22.9. The number of para-hydroxylation sites is 1. The molecular weight excluding hydrogens is 454 g/mol. The van der Waals surface area contributed by atoms with Crippen LogP contribution in [0.4, 0.5) is 11.4 Å². The van der Waals surface area contributed by atoms with Crippen molar-refractivity contribution in [2.45, 2.75) is 4.90 Å². The number of nitriles is 1. The Morgan fingerprint density at radius 1 is 1.09 bits per heavy atom. The van der Waals surface area contributed by atoms with Crippen molar-refractivity contribution in [3.63, 3.8) is 0 Å². The molecule has 3 rings (SSSR count). The van der Waals surface area contributed by atoms with Gasteiger partial charge in [-0.25, -0.2) is 8.42 Å². The summed E-state index contributed by atoms with van der Waals surface area (Å²) in [6.07, 6.45) is 0. The van der Waals surface area contributed by atoms with Crippen LogP contribution in [0.25, 0.3) is 0 Å². The summed E-state index contributed by atoms with van der Waals surface area (Å²) in [5.41, 5.74) is 0.916. The Morgan fingerprint density at radius 3 is 2.47 bits per heavy atom. The fourth-order valence-corrected chi connectivity index (χ4v) is 4.19. The molecule has 2 N–H and O–H groups in total. The molecule has 10 heteroatoms. The van der Waals surface area contributed by atoms with Gasteiger partial charge < -0.3 is 14.8 Å². The fraction of sp³-hybridized carbons (Fsp3) is 0.0909. The lowest BCUT2D eigenvalue weighted by molar-refractivity contribution is -0.118. The Balaban J connectivity index is 1.74. The van der Waals surface area contributed by atoms with Crippen molar-refractivity contribution >= 4 is 38.9 Å². The van der Waals surface area contributed by atoms with Crippen LogP contribution in [-0.4, -0.2) is 28.0 Å². The monoisotopic (exact) mass is 471 g/mol. The van der Waals surface area contributed by atoms with Crippen molar-refractivity contribution in [1.82, 2.24) is 0 Å². The average molecular weight is 472 g/mol. The smallest absolute Gasteiger partial charge is 0.265 e. The number of sulfonamides is 1. The predicted octanol–water partition coefficient (Wildman–Crippen LogP) is 4.04. The van der Waals surface area contributed by atoms with Crippen molar-refractivity contribution in [2.24, 2.45) is 0 Å². The largest absolute Gasteiger partial charge is 0.495 e. The average Bonchev–Trinajstić information content (AvgIpc) is 2.79. The number of nitrogens with one attached hydrogen (secondary N) is 2. The molecule has 0 bridgehead atoms. The Hall–Kier alpha value is -3.74. The summed E-state index contributed by atoms with van der Waals surface area (Å²) in [5, 5.41) is 11.6. The number of nitrogens with zero attached hydrogens (tertiary/aromatic N) is 1. The minimum Gasteiger partial charge on any atom is -0.495 e. The zero-order chi connectivity index (χ0) is 23.1. The van der Waals surface area contributed by atoms with Gasteiger partial charge in [-0.1, -0.05) is 23.7 Å². The topological polar surface area (TPSA) is 118 Å². The molecule has 32 heavy (non-hydrogen) atoms. The summed E-state index contributed by atoms with van der Waals surface area (Å²) in [6, 6.07) is 18.9. The van der Waals surface area contributed by atoms with Gasteiger partial charge in [0, 0.05) is 5.69 Å². The number of halogens is 1. The quantitative estimate of drug-likeness (QED) is 0.512. The van der Waals surface area contributed by atoms with E-state index in [1.54, 1.807) is 42.5 Å². The van der Waals surface area contributed by atoms with E-state index in [9.17, 15) is 13.2 Å². The number of benzene rings is 3. The van der Waals surface area contributed by atoms with Gasteiger partial charge in [0.25, 0.3) is 15.9 Å². The maximum Gasteiger partial charge on any atom is 0.265 e. The van der Waals surface area contributed by atoms with Crippen molar-refractivity contribution in [2.75, 3.05) is 23.8 Å². The molecule has 0 saturated heterocycles. The first-order valence-corrected chi connectivity index (χ1v) is 11.1. The minimum absolute atomic E-state index is 0.0939. The molecule has 1 amide bonds. The summed E-state index contributed by atoms with van der Waals surface area (Å²) in [6.45, 7) is -0.308. The summed E-state index contributed by atoms with van der Waals surface area (Å²) in [4.78, 5) is 12.1. The number of hydrogen-bond acceptors (Lipinski definition) is 6. The van der Waals surface area contributed by atoms with Crippen molar-refractivity contribution < 1.29 is 22.7 Å². The molecule has 0 aliphatic heterocycles. The highest BCUT2D eigenvalue weighted by Gasteiger charge is 2.22. The first-order valence-electron chi connectivity index (χ1n) is 9.20.